The normalized spacial score (nSPS) is 12.1. The first kappa shape index (κ1) is 14.1. The van der Waals surface area contributed by atoms with Gasteiger partial charge in [-0.3, -0.25) is 4.79 Å². The van der Waals surface area contributed by atoms with Crippen LogP contribution in [0.2, 0.25) is 0 Å². The van der Waals surface area contributed by atoms with E-state index in [1.54, 1.807) is 0 Å². The number of hydrogen-bond acceptors (Lipinski definition) is 3. The molecule has 4 heteroatoms. The largest absolute Gasteiger partial charge is 0.396 e. The van der Waals surface area contributed by atoms with Crippen LogP contribution in [-0.4, -0.2) is 29.4 Å². The van der Waals surface area contributed by atoms with Crippen molar-refractivity contribution in [3.8, 4) is 0 Å². The molecule has 0 spiro atoms. The molecule has 1 atom stereocenters. The minimum atomic E-state index is 0.0456. The van der Waals surface area contributed by atoms with Crippen molar-refractivity contribution in [3.63, 3.8) is 0 Å². The third-order valence-electron chi connectivity index (χ3n) is 2.32. The summed E-state index contributed by atoms with van der Waals surface area (Å²) in [6.45, 7) is 2.14. The van der Waals surface area contributed by atoms with Crippen LogP contribution in [0.1, 0.15) is 19.8 Å². The number of thioether (sulfide) groups is 1. The monoisotopic (exact) mass is 253 g/mol. The number of carbonyl (C=O) groups is 1. The maximum atomic E-state index is 11.6. The molecule has 0 radical (unpaired) electrons. The zero-order valence-electron chi connectivity index (χ0n) is 10.1. The van der Waals surface area contributed by atoms with Gasteiger partial charge in [0, 0.05) is 17.5 Å². The molecule has 0 saturated carbocycles. The lowest BCUT2D eigenvalue weighted by Crippen LogP contribution is -2.33. The number of hydrogen-bond donors (Lipinski definition) is 2. The van der Waals surface area contributed by atoms with E-state index in [2.05, 4.69) is 5.32 Å². The van der Waals surface area contributed by atoms with Crippen LogP contribution in [0.15, 0.2) is 35.2 Å². The van der Waals surface area contributed by atoms with E-state index in [-0.39, 0.29) is 18.6 Å². The maximum Gasteiger partial charge on any atom is 0.230 e. The standard InChI is InChI=1S/C13H19NO2S/c1-11(6-5-9-15)14-13(16)10-17-12-7-3-2-4-8-12/h2-4,7-8,11,15H,5-6,9-10H2,1H3,(H,14,16). The van der Waals surface area contributed by atoms with E-state index in [0.717, 1.165) is 17.7 Å². The Balaban J connectivity index is 2.21. The Hall–Kier alpha value is -1.00. The molecule has 94 valence electrons. The van der Waals surface area contributed by atoms with Crippen LogP contribution >= 0.6 is 11.8 Å². The van der Waals surface area contributed by atoms with Crippen LogP contribution in [0.25, 0.3) is 0 Å². The van der Waals surface area contributed by atoms with Gasteiger partial charge in [-0.15, -0.1) is 11.8 Å². The molecule has 3 nitrogen and oxygen atoms in total. The van der Waals surface area contributed by atoms with Gasteiger partial charge < -0.3 is 10.4 Å². The number of aliphatic hydroxyl groups excluding tert-OH is 1. The van der Waals surface area contributed by atoms with Crippen LogP contribution in [0.4, 0.5) is 0 Å². The molecular formula is C13H19NO2S. The molecule has 0 heterocycles. The Morgan fingerprint density at radius 1 is 1.41 bits per heavy atom. The minimum Gasteiger partial charge on any atom is -0.396 e. The third kappa shape index (κ3) is 6.34. The summed E-state index contributed by atoms with van der Waals surface area (Å²) in [6, 6.07) is 10.0. The first-order valence-electron chi connectivity index (χ1n) is 5.80. The number of amides is 1. The molecule has 2 N–H and O–H groups in total. The van der Waals surface area contributed by atoms with Gasteiger partial charge >= 0.3 is 0 Å². The Labute approximate surface area is 107 Å². The van der Waals surface area contributed by atoms with Crippen molar-refractivity contribution in [1.82, 2.24) is 5.32 Å². The summed E-state index contributed by atoms with van der Waals surface area (Å²) in [4.78, 5) is 12.7. The Kier molecular flexibility index (Phi) is 6.74. The highest BCUT2D eigenvalue weighted by atomic mass is 32.2. The van der Waals surface area contributed by atoms with Crippen LogP contribution in [0, 0.1) is 0 Å². The van der Waals surface area contributed by atoms with Crippen molar-refractivity contribution in [2.24, 2.45) is 0 Å². The quantitative estimate of drug-likeness (QED) is 0.731. The lowest BCUT2D eigenvalue weighted by Gasteiger charge is -2.12. The molecule has 0 aliphatic carbocycles. The van der Waals surface area contributed by atoms with Gasteiger partial charge in [0.25, 0.3) is 0 Å². The van der Waals surface area contributed by atoms with Gasteiger partial charge in [-0.05, 0) is 31.9 Å². The van der Waals surface area contributed by atoms with Crippen molar-refractivity contribution in [2.45, 2.75) is 30.7 Å². The minimum absolute atomic E-state index is 0.0456. The summed E-state index contributed by atoms with van der Waals surface area (Å²) in [5.41, 5.74) is 0. The summed E-state index contributed by atoms with van der Waals surface area (Å²) < 4.78 is 0. The van der Waals surface area contributed by atoms with E-state index < -0.39 is 0 Å². The third-order valence-corrected chi connectivity index (χ3v) is 3.33. The summed E-state index contributed by atoms with van der Waals surface area (Å²) in [7, 11) is 0. The van der Waals surface area contributed by atoms with E-state index in [4.69, 9.17) is 5.11 Å². The van der Waals surface area contributed by atoms with E-state index in [1.165, 1.54) is 11.8 Å². The first-order chi connectivity index (χ1) is 8.22. The average Bonchev–Trinajstić information content (AvgIpc) is 2.35. The maximum absolute atomic E-state index is 11.6. The molecule has 0 aromatic heterocycles. The van der Waals surface area contributed by atoms with Crippen molar-refractivity contribution in [2.75, 3.05) is 12.4 Å². The summed E-state index contributed by atoms with van der Waals surface area (Å²) in [5, 5.41) is 11.6. The predicted octanol–water partition coefficient (Wildman–Crippen LogP) is 2.06. The lowest BCUT2D eigenvalue weighted by atomic mass is 10.2. The second-order valence-corrected chi connectivity index (χ2v) is 4.98. The van der Waals surface area contributed by atoms with Gasteiger partial charge in [0.05, 0.1) is 5.75 Å². The number of carbonyl (C=O) groups excluding carboxylic acids is 1. The average molecular weight is 253 g/mol. The van der Waals surface area contributed by atoms with Crippen molar-refractivity contribution < 1.29 is 9.90 Å². The summed E-state index contributed by atoms with van der Waals surface area (Å²) in [6.07, 6.45) is 1.55. The first-order valence-corrected chi connectivity index (χ1v) is 6.79. The van der Waals surface area contributed by atoms with Crippen molar-refractivity contribution >= 4 is 17.7 Å². The highest BCUT2D eigenvalue weighted by Gasteiger charge is 2.07. The van der Waals surface area contributed by atoms with E-state index in [9.17, 15) is 4.79 Å². The molecular weight excluding hydrogens is 234 g/mol. The van der Waals surface area contributed by atoms with E-state index in [0.29, 0.717) is 5.75 Å². The van der Waals surface area contributed by atoms with Crippen LogP contribution in [0.5, 0.6) is 0 Å². The van der Waals surface area contributed by atoms with E-state index in [1.807, 2.05) is 37.3 Å². The predicted molar refractivity (Wildman–Crippen MR) is 71.1 cm³/mol. The Morgan fingerprint density at radius 2 is 2.12 bits per heavy atom. The zero-order chi connectivity index (χ0) is 12.5. The molecule has 0 aliphatic heterocycles. The number of aliphatic hydroxyl groups is 1. The van der Waals surface area contributed by atoms with Gasteiger partial charge in [-0.25, -0.2) is 0 Å². The Bertz CT molecular complexity index is 329. The SMILES string of the molecule is CC(CCCO)NC(=O)CSc1ccccc1. The van der Waals surface area contributed by atoms with Gasteiger partial charge in [-0.2, -0.15) is 0 Å². The topological polar surface area (TPSA) is 49.3 Å². The molecule has 1 amide bonds. The smallest absolute Gasteiger partial charge is 0.230 e. The molecule has 1 aromatic carbocycles. The van der Waals surface area contributed by atoms with Crippen LogP contribution in [0.3, 0.4) is 0 Å². The van der Waals surface area contributed by atoms with Crippen molar-refractivity contribution in [1.29, 1.82) is 0 Å². The van der Waals surface area contributed by atoms with Crippen LogP contribution in [-0.2, 0) is 4.79 Å². The van der Waals surface area contributed by atoms with Crippen molar-refractivity contribution in [3.05, 3.63) is 30.3 Å². The highest BCUT2D eigenvalue weighted by Crippen LogP contribution is 2.16. The van der Waals surface area contributed by atoms with Gasteiger partial charge in [-0.1, -0.05) is 18.2 Å². The second-order valence-electron chi connectivity index (χ2n) is 3.94. The molecule has 17 heavy (non-hydrogen) atoms. The van der Waals surface area contributed by atoms with E-state index >= 15 is 0 Å². The lowest BCUT2D eigenvalue weighted by molar-refractivity contribution is -0.119. The fourth-order valence-corrected chi connectivity index (χ4v) is 2.18. The molecule has 1 rings (SSSR count). The molecule has 0 saturated heterocycles. The number of nitrogens with one attached hydrogen (secondary N) is 1. The van der Waals surface area contributed by atoms with Gasteiger partial charge in [0.2, 0.25) is 5.91 Å². The van der Waals surface area contributed by atoms with Gasteiger partial charge in [0.15, 0.2) is 0 Å². The second kappa shape index (κ2) is 8.14. The molecule has 0 bridgehead atoms. The number of rotatable bonds is 7. The van der Waals surface area contributed by atoms with Gasteiger partial charge in [0.1, 0.15) is 0 Å². The zero-order valence-corrected chi connectivity index (χ0v) is 10.9. The van der Waals surface area contributed by atoms with Crippen LogP contribution < -0.4 is 5.32 Å². The molecule has 0 aliphatic rings. The highest BCUT2D eigenvalue weighted by molar-refractivity contribution is 8.00. The fraction of sp³-hybridized carbons (Fsp3) is 0.462. The summed E-state index contributed by atoms with van der Waals surface area (Å²) in [5.74, 6) is 0.484. The number of benzene rings is 1. The molecule has 1 unspecified atom stereocenters. The summed E-state index contributed by atoms with van der Waals surface area (Å²) >= 11 is 1.53. The Morgan fingerprint density at radius 3 is 2.76 bits per heavy atom. The fourth-order valence-electron chi connectivity index (χ4n) is 1.45. The molecule has 0 fully saturated rings. The molecule has 1 aromatic rings.